The number of rotatable bonds is 7. The molecule has 2 N–H and O–H groups in total. The van der Waals surface area contributed by atoms with Gasteiger partial charge in [-0.25, -0.2) is 0 Å². The lowest BCUT2D eigenvalue weighted by Crippen LogP contribution is -2.50. The van der Waals surface area contributed by atoms with Crippen LogP contribution in [0.2, 0.25) is 0 Å². The highest BCUT2D eigenvalue weighted by molar-refractivity contribution is 5.80. The van der Waals surface area contributed by atoms with Crippen LogP contribution in [0.5, 0.6) is 0 Å². The normalized spacial score (nSPS) is 20.8. The molecule has 0 atom stereocenters. The third kappa shape index (κ3) is 6.00. The Hall–Kier alpha value is -2.08. The van der Waals surface area contributed by atoms with Crippen molar-refractivity contribution in [1.29, 1.82) is 0 Å². The van der Waals surface area contributed by atoms with Crippen LogP contribution in [-0.2, 0) is 17.9 Å². The van der Waals surface area contributed by atoms with Gasteiger partial charge in [-0.05, 0) is 50.2 Å². The maximum atomic E-state index is 12.6. The van der Waals surface area contributed by atoms with Crippen molar-refractivity contribution in [2.45, 2.75) is 83.5 Å². The van der Waals surface area contributed by atoms with Gasteiger partial charge >= 0.3 is 0 Å². The summed E-state index contributed by atoms with van der Waals surface area (Å²) in [7, 11) is 0. The minimum Gasteiger partial charge on any atom is -0.357 e. The number of benzene rings is 1. The van der Waals surface area contributed by atoms with Gasteiger partial charge in [-0.2, -0.15) is 0 Å². The number of nitrogens with zero attached hydrogens (tertiary/aromatic N) is 3. The number of amides is 1. The highest BCUT2D eigenvalue weighted by Crippen LogP contribution is 2.26. The van der Waals surface area contributed by atoms with Crippen LogP contribution in [0, 0.1) is 0 Å². The van der Waals surface area contributed by atoms with Crippen molar-refractivity contribution in [3.05, 3.63) is 35.4 Å². The van der Waals surface area contributed by atoms with Crippen LogP contribution >= 0.6 is 0 Å². The molecule has 0 spiro atoms. The number of fused-ring (bicyclic) bond motifs is 1. The zero-order valence-corrected chi connectivity index (χ0v) is 19.1. The second-order valence-corrected chi connectivity index (χ2v) is 9.28. The predicted octanol–water partition coefficient (Wildman–Crippen LogP) is 3.27. The van der Waals surface area contributed by atoms with E-state index in [9.17, 15) is 4.79 Å². The highest BCUT2D eigenvalue weighted by Gasteiger charge is 2.27. The molecule has 2 heterocycles. The van der Waals surface area contributed by atoms with Crippen molar-refractivity contribution in [3.63, 3.8) is 0 Å². The van der Waals surface area contributed by atoms with Crippen molar-refractivity contribution >= 4 is 11.9 Å². The average Bonchev–Trinajstić information content (AvgIpc) is 3.47. The van der Waals surface area contributed by atoms with E-state index in [0.717, 1.165) is 38.1 Å². The van der Waals surface area contributed by atoms with Crippen molar-refractivity contribution in [2.24, 2.45) is 4.99 Å². The first-order valence-electron chi connectivity index (χ1n) is 12.4. The molecule has 1 saturated carbocycles. The molecule has 1 amide bonds. The number of likely N-dealkylation sites (tertiary alicyclic amines) is 1. The number of piperidine rings is 1. The summed E-state index contributed by atoms with van der Waals surface area (Å²) in [5.41, 5.74) is 2.57. The lowest BCUT2D eigenvalue weighted by molar-refractivity contribution is -0.131. The van der Waals surface area contributed by atoms with Gasteiger partial charge in [0.25, 0.3) is 0 Å². The SMILES string of the molecule is CCNC(=NCCCC(=O)N1Cc2ccccc2C1)NC1CCN(C2CCCC2)CC1. The van der Waals surface area contributed by atoms with Gasteiger partial charge in [0.15, 0.2) is 5.96 Å². The molecule has 1 saturated heterocycles. The van der Waals surface area contributed by atoms with Crippen molar-refractivity contribution in [2.75, 3.05) is 26.2 Å². The summed E-state index contributed by atoms with van der Waals surface area (Å²) in [4.78, 5) is 22.0. The molecule has 6 nitrogen and oxygen atoms in total. The number of aliphatic imine (C=N–C) groups is 1. The minimum absolute atomic E-state index is 0.239. The van der Waals surface area contributed by atoms with Crippen LogP contribution in [0.1, 0.15) is 69.4 Å². The Morgan fingerprint density at radius 3 is 2.39 bits per heavy atom. The van der Waals surface area contributed by atoms with E-state index in [4.69, 9.17) is 4.99 Å². The largest absolute Gasteiger partial charge is 0.357 e. The quantitative estimate of drug-likeness (QED) is 0.400. The lowest BCUT2D eigenvalue weighted by Gasteiger charge is -2.36. The first kappa shape index (κ1) is 22.1. The van der Waals surface area contributed by atoms with E-state index >= 15 is 0 Å². The predicted molar refractivity (Wildman–Crippen MR) is 126 cm³/mol. The van der Waals surface area contributed by atoms with E-state index in [0.29, 0.717) is 19.0 Å². The summed E-state index contributed by atoms with van der Waals surface area (Å²) in [5.74, 6) is 1.14. The van der Waals surface area contributed by atoms with Gasteiger partial charge in [-0.3, -0.25) is 9.79 Å². The molecule has 2 aliphatic heterocycles. The van der Waals surface area contributed by atoms with E-state index in [1.807, 2.05) is 4.90 Å². The van der Waals surface area contributed by atoms with Crippen LogP contribution in [0.25, 0.3) is 0 Å². The Balaban J connectivity index is 1.17. The maximum Gasteiger partial charge on any atom is 0.223 e. The van der Waals surface area contributed by atoms with Crippen LogP contribution in [0.3, 0.4) is 0 Å². The Bertz CT molecular complexity index is 725. The third-order valence-electron chi connectivity index (χ3n) is 7.07. The van der Waals surface area contributed by atoms with Gasteiger partial charge in [0, 0.05) is 57.8 Å². The van der Waals surface area contributed by atoms with E-state index in [-0.39, 0.29) is 5.91 Å². The average molecular weight is 426 g/mol. The molecule has 0 bridgehead atoms. The molecule has 6 heteroatoms. The zero-order valence-electron chi connectivity index (χ0n) is 19.1. The standard InChI is InChI=1S/C25H39N5O/c1-2-26-25(28-22-13-16-29(17-14-22)23-10-5-6-11-23)27-15-7-12-24(31)30-18-20-8-3-4-9-21(20)19-30/h3-4,8-9,22-23H,2,5-7,10-19H2,1H3,(H2,26,27,28). The van der Waals surface area contributed by atoms with Crippen molar-refractivity contribution < 1.29 is 4.79 Å². The van der Waals surface area contributed by atoms with Gasteiger partial charge < -0.3 is 20.4 Å². The molecule has 1 aromatic carbocycles. The van der Waals surface area contributed by atoms with Gasteiger partial charge in [-0.15, -0.1) is 0 Å². The molecular formula is C25H39N5O. The van der Waals surface area contributed by atoms with Crippen molar-refractivity contribution in [3.8, 4) is 0 Å². The topological polar surface area (TPSA) is 60.0 Å². The number of nitrogens with one attached hydrogen (secondary N) is 2. The van der Waals surface area contributed by atoms with E-state index < -0.39 is 0 Å². The molecule has 1 aromatic rings. The Kier molecular flexibility index (Phi) is 7.84. The summed E-state index contributed by atoms with van der Waals surface area (Å²) >= 11 is 0. The van der Waals surface area contributed by atoms with Crippen LogP contribution in [0.15, 0.2) is 29.3 Å². The van der Waals surface area contributed by atoms with Crippen LogP contribution in [-0.4, -0.2) is 59.9 Å². The van der Waals surface area contributed by atoms with E-state index in [2.05, 4.69) is 46.7 Å². The Morgan fingerprint density at radius 1 is 1.06 bits per heavy atom. The highest BCUT2D eigenvalue weighted by atomic mass is 16.2. The molecule has 1 aliphatic carbocycles. The van der Waals surface area contributed by atoms with Crippen LogP contribution < -0.4 is 10.6 Å². The second-order valence-electron chi connectivity index (χ2n) is 9.28. The third-order valence-corrected chi connectivity index (χ3v) is 7.07. The molecule has 4 rings (SSSR count). The molecule has 3 aliphatic rings. The van der Waals surface area contributed by atoms with E-state index in [1.165, 1.54) is 62.7 Å². The first-order chi connectivity index (χ1) is 15.2. The number of hydrogen-bond acceptors (Lipinski definition) is 3. The smallest absolute Gasteiger partial charge is 0.223 e. The molecule has 0 aromatic heterocycles. The zero-order chi connectivity index (χ0) is 21.5. The fourth-order valence-electron chi connectivity index (χ4n) is 5.28. The number of guanidine groups is 1. The molecule has 31 heavy (non-hydrogen) atoms. The summed E-state index contributed by atoms with van der Waals surface area (Å²) in [6.45, 7) is 7.56. The van der Waals surface area contributed by atoms with Gasteiger partial charge in [-0.1, -0.05) is 37.1 Å². The van der Waals surface area contributed by atoms with Gasteiger partial charge in [0.2, 0.25) is 5.91 Å². The van der Waals surface area contributed by atoms with Crippen LogP contribution in [0.4, 0.5) is 0 Å². The summed E-state index contributed by atoms with van der Waals surface area (Å²) in [6, 6.07) is 9.69. The number of carbonyl (C=O) groups is 1. The fraction of sp³-hybridized carbons (Fsp3) is 0.680. The Morgan fingerprint density at radius 2 is 1.74 bits per heavy atom. The summed E-state index contributed by atoms with van der Waals surface area (Å²) in [6.07, 6.45) is 9.35. The van der Waals surface area contributed by atoms with Gasteiger partial charge in [0.1, 0.15) is 0 Å². The summed E-state index contributed by atoms with van der Waals surface area (Å²) in [5, 5.41) is 7.02. The molecule has 2 fully saturated rings. The number of hydrogen-bond donors (Lipinski definition) is 2. The Labute approximate surface area is 187 Å². The first-order valence-corrected chi connectivity index (χ1v) is 12.4. The second kappa shape index (κ2) is 11.0. The number of carbonyl (C=O) groups excluding carboxylic acids is 1. The van der Waals surface area contributed by atoms with Gasteiger partial charge in [0.05, 0.1) is 0 Å². The molecular weight excluding hydrogens is 386 g/mol. The molecule has 0 radical (unpaired) electrons. The van der Waals surface area contributed by atoms with E-state index in [1.54, 1.807) is 0 Å². The fourth-order valence-corrected chi connectivity index (χ4v) is 5.28. The van der Waals surface area contributed by atoms with Crippen molar-refractivity contribution in [1.82, 2.24) is 20.4 Å². The minimum atomic E-state index is 0.239. The molecule has 170 valence electrons. The molecule has 0 unspecified atom stereocenters. The lowest BCUT2D eigenvalue weighted by atomic mass is 10.0. The maximum absolute atomic E-state index is 12.6. The monoisotopic (exact) mass is 425 g/mol. The summed E-state index contributed by atoms with van der Waals surface area (Å²) < 4.78 is 0.